The topological polar surface area (TPSA) is 49.4 Å². The van der Waals surface area contributed by atoms with Crippen molar-refractivity contribution in [3.63, 3.8) is 0 Å². The fraction of sp³-hybridized carbons (Fsp3) is 0.310. The Kier molecular flexibility index (Phi) is 11.3. The van der Waals surface area contributed by atoms with E-state index in [4.69, 9.17) is 23.2 Å². The fourth-order valence-corrected chi connectivity index (χ4v) is 5.13. The summed E-state index contributed by atoms with van der Waals surface area (Å²) in [5.74, 6) is -0.242. The molecule has 0 aliphatic heterocycles. The van der Waals surface area contributed by atoms with Gasteiger partial charge in [-0.25, -0.2) is 4.39 Å². The van der Waals surface area contributed by atoms with Crippen LogP contribution >= 0.6 is 35.0 Å². The number of halogens is 3. The predicted octanol–water partition coefficient (Wildman–Crippen LogP) is 6.78. The average Bonchev–Trinajstić information content (AvgIpc) is 2.88. The highest BCUT2D eigenvalue weighted by Crippen LogP contribution is 2.25. The van der Waals surface area contributed by atoms with Crippen molar-refractivity contribution in [3.8, 4) is 0 Å². The highest BCUT2D eigenvalue weighted by molar-refractivity contribution is 7.99. The molecule has 2 amide bonds. The largest absolute Gasteiger partial charge is 0.354 e. The summed E-state index contributed by atoms with van der Waals surface area (Å²) in [6, 6.07) is 20.7. The molecule has 1 atom stereocenters. The molecule has 0 saturated carbocycles. The summed E-state index contributed by atoms with van der Waals surface area (Å²) in [6.07, 6.45) is 0.369. The zero-order valence-electron chi connectivity index (χ0n) is 20.9. The first-order valence-electron chi connectivity index (χ1n) is 12.1. The van der Waals surface area contributed by atoms with E-state index in [1.54, 1.807) is 29.2 Å². The molecule has 0 unspecified atom stereocenters. The SMILES string of the molecule is CC(C)CNC(=O)[C@@H](Cc1ccccc1)N(Cc1ccc(Cl)cc1)C(=O)CSCc1c(F)cccc1Cl. The van der Waals surface area contributed by atoms with Gasteiger partial charge in [0.2, 0.25) is 11.8 Å². The number of amides is 2. The van der Waals surface area contributed by atoms with Gasteiger partial charge in [0.1, 0.15) is 11.9 Å². The van der Waals surface area contributed by atoms with Crippen molar-refractivity contribution < 1.29 is 14.0 Å². The number of nitrogens with zero attached hydrogens (tertiary/aromatic N) is 1. The van der Waals surface area contributed by atoms with Crippen LogP contribution in [-0.4, -0.2) is 35.1 Å². The number of nitrogens with one attached hydrogen (secondary N) is 1. The predicted molar refractivity (Wildman–Crippen MR) is 151 cm³/mol. The lowest BCUT2D eigenvalue weighted by Gasteiger charge is -2.32. The maximum absolute atomic E-state index is 14.2. The monoisotopic (exact) mass is 560 g/mol. The quantitative estimate of drug-likeness (QED) is 0.265. The van der Waals surface area contributed by atoms with Crippen LogP contribution in [0.15, 0.2) is 72.8 Å². The second kappa shape index (κ2) is 14.4. The number of rotatable bonds is 12. The van der Waals surface area contributed by atoms with Crippen LogP contribution in [0.3, 0.4) is 0 Å². The molecule has 0 aliphatic carbocycles. The minimum Gasteiger partial charge on any atom is -0.354 e. The summed E-state index contributed by atoms with van der Waals surface area (Å²) in [7, 11) is 0. The van der Waals surface area contributed by atoms with Crippen LogP contribution in [0.1, 0.15) is 30.5 Å². The highest BCUT2D eigenvalue weighted by atomic mass is 35.5. The number of hydrogen-bond donors (Lipinski definition) is 1. The molecule has 0 aromatic heterocycles. The van der Waals surface area contributed by atoms with E-state index >= 15 is 0 Å². The van der Waals surface area contributed by atoms with Crippen molar-refractivity contribution in [3.05, 3.63) is 105 Å². The third-order valence-electron chi connectivity index (χ3n) is 5.76. The van der Waals surface area contributed by atoms with Gasteiger partial charge in [0.05, 0.1) is 5.75 Å². The van der Waals surface area contributed by atoms with Crippen molar-refractivity contribution in [2.45, 2.75) is 38.6 Å². The minimum absolute atomic E-state index is 0.0704. The number of thioether (sulfide) groups is 1. The van der Waals surface area contributed by atoms with Gasteiger partial charge in [0.15, 0.2) is 0 Å². The molecule has 0 bridgehead atoms. The van der Waals surface area contributed by atoms with Crippen LogP contribution in [0.5, 0.6) is 0 Å². The maximum Gasteiger partial charge on any atom is 0.243 e. The Bertz CT molecular complexity index is 1160. The zero-order valence-corrected chi connectivity index (χ0v) is 23.3. The molecule has 4 nitrogen and oxygen atoms in total. The van der Waals surface area contributed by atoms with Crippen LogP contribution < -0.4 is 5.32 Å². The molecule has 0 fully saturated rings. The van der Waals surface area contributed by atoms with Gasteiger partial charge >= 0.3 is 0 Å². The van der Waals surface area contributed by atoms with E-state index in [0.717, 1.165) is 11.1 Å². The lowest BCUT2D eigenvalue weighted by molar-refractivity contribution is -0.139. The molecule has 8 heteroatoms. The summed E-state index contributed by atoms with van der Waals surface area (Å²) < 4.78 is 14.2. The third-order valence-corrected chi connectivity index (χ3v) is 7.31. The summed E-state index contributed by atoms with van der Waals surface area (Å²) in [5, 5.41) is 3.92. The van der Waals surface area contributed by atoms with Crippen LogP contribution in [0.4, 0.5) is 4.39 Å². The van der Waals surface area contributed by atoms with Crippen LogP contribution in [0, 0.1) is 11.7 Å². The van der Waals surface area contributed by atoms with Gasteiger partial charge in [-0.15, -0.1) is 11.8 Å². The van der Waals surface area contributed by atoms with E-state index in [-0.39, 0.29) is 35.8 Å². The molecule has 1 N–H and O–H groups in total. The van der Waals surface area contributed by atoms with E-state index in [9.17, 15) is 14.0 Å². The second-order valence-electron chi connectivity index (χ2n) is 9.19. The van der Waals surface area contributed by atoms with Gasteiger partial charge in [-0.2, -0.15) is 0 Å². The Morgan fingerprint density at radius 3 is 2.30 bits per heavy atom. The summed E-state index contributed by atoms with van der Waals surface area (Å²) in [5.41, 5.74) is 2.17. The first-order valence-corrected chi connectivity index (χ1v) is 14.0. The Morgan fingerprint density at radius 2 is 1.65 bits per heavy atom. The summed E-state index contributed by atoms with van der Waals surface area (Å²) >= 11 is 13.5. The number of benzene rings is 3. The molecule has 3 rings (SSSR count). The molecule has 0 radical (unpaired) electrons. The van der Waals surface area contributed by atoms with Crippen molar-refractivity contribution in [1.29, 1.82) is 0 Å². The Hall–Kier alpha value is -2.54. The zero-order chi connectivity index (χ0) is 26.8. The number of carbonyl (C=O) groups is 2. The van der Waals surface area contributed by atoms with E-state index in [0.29, 0.717) is 28.6 Å². The van der Waals surface area contributed by atoms with Crippen LogP contribution in [0.2, 0.25) is 10.0 Å². The van der Waals surface area contributed by atoms with Crippen molar-refractivity contribution >= 4 is 46.8 Å². The first-order chi connectivity index (χ1) is 17.7. The van der Waals surface area contributed by atoms with E-state index in [1.165, 1.54) is 17.8 Å². The fourth-order valence-electron chi connectivity index (χ4n) is 3.76. The molecule has 0 spiro atoms. The molecule has 37 heavy (non-hydrogen) atoms. The molecular formula is C29H31Cl2FN2O2S. The second-order valence-corrected chi connectivity index (χ2v) is 11.0. The molecule has 3 aromatic rings. The van der Waals surface area contributed by atoms with Crippen molar-refractivity contribution in [2.75, 3.05) is 12.3 Å². The van der Waals surface area contributed by atoms with Crippen molar-refractivity contribution in [1.82, 2.24) is 10.2 Å². The summed E-state index contributed by atoms with van der Waals surface area (Å²) in [4.78, 5) is 28.7. The van der Waals surface area contributed by atoms with Crippen LogP contribution in [0.25, 0.3) is 0 Å². The maximum atomic E-state index is 14.2. The van der Waals surface area contributed by atoms with Gasteiger partial charge in [-0.05, 0) is 41.3 Å². The lowest BCUT2D eigenvalue weighted by Crippen LogP contribution is -2.51. The Labute approximate surface area is 232 Å². The Balaban J connectivity index is 1.85. The van der Waals surface area contributed by atoms with Gasteiger partial charge in [-0.1, -0.05) is 85.6 Å². The van der Waals surface area contributed by atoms with Crippen LogP contribution in [-0.2, 0) is 28.3 Å². The molecule has 0 heterocycles. The molecule has 3 aromatic carbocycles. The minimum atomic E-state index is -0.720. The van der Waals surface area contributed by atoms with Gasteiger partial charge in [0.25, 0.3) is 0 Å². The molecular weight excluding hydrogens is 530 g/mol. The smallest absolute Gasteiger partial charge is 0.243 e. The molecule has 0 saturated heterocycles. The highest BCUT2D eigenvalue weighted by Gasteiger charge is 2.30. The summed E-state index contributed by atoms with van der Waals surface area (Å²) in [6.45, 7) is 4.79. The van der Waals surface area contributed by atoms with E-state index < -0.39 is 11.9 Å². The van der Waals surface area contributed by atoms with Gasteiger partial charge in [0, 0.05) is 40.9 Å². The van der Waals surface area contributed by atoms with E-state index in [2.05, 4.69) is 5.32 Å². The molecule has 196 valence electrons. The number of carbonyl (C=O) groups excluding carboxylic acids is 2. The Morgan fingerprint density at radius 1 is 0.946 bits per heavy atom. The van der Waals surface area contributed by atoms with Gasteiger partial charge in [-0.3, -0.25) is 9.59 Å². The third kappa shape index (κ3) is 9.06. The average molecular weight is 562 g/mol. The number of hydrogen-bond acceptors (Lipinski definition) is 3. The van der Waals surface area contributed by atoms with Crippen molar-refractivity contribution in [2.24, 2.45) is 5.92 Å². The van der Waals surface area contributed by atoms with Gasteiger partial charge < -0.3 is 10.2 Å². The van der Waals surface area contributed by atoms with E-state index in [1.807, 2.05) is 56.3 Å². The standard InChI is InChI=1S/C29H31Cl2FN2O2S/c1-20(2)16-33-29(36)27(15-21-7-4-3-5-8-21)34(17-22-11-13-23(30)14-12-22)28(35)19-37-18-24-25(31)9-6-10-26(24)32/h3-14,20,27H,15-19H2,1-2H3,(H,33,36)/t27-/m1/s1. The normalized spacial score (nSPS) is 11.8. The molecule has 0 aliphatic rings. The lowest BCUT2D eigenvalue weighted by atomic mass is 10.0. The first kappa shape index (κ1) is 29.0.